The molecule has 0 fully saturated rings. The molecule has 0 aliphatic rings. The van der Waals surface area contributed by atoms with Crippen molar-refractivity contribution in [1.82, 2.24) is 15.0 Å². The van der Waals surface area contributed by atoms with E-state index in [9.17, 15) is 0 Å². The molecule has 0 saturated heterocycles. The molecule has 0 aliphatic carbocycles. The lowest BCUT2D eigenvalue weighted by Gasteiger charge is -2.05. The van der Waals surface area contributed by atoms with Crippen LogP contribution in [0.3, 0.4) is 0 Å². The Bertz CT molecular complexity index is 450. The highest BCUT2D eigenvalue weighted by Crippen LogP contribution is 2.21. The molecule has 0 atom stereocenters. The van der Waals surface area contributed by atoms with E-state index < -0.39 is 0 Å². The second kappa shape index (κ2) is 4.04. The smallest absolute Gasteiger partial charge is 0.152 e. The van der Waals surface area contributed by atoms with Crippen molar-refractivity contribution in [2.75, 3.05) is 12.4 Å². The Morgan fingerprint density at radius 2 is 1.87 bits per heavy atom. The van der Waals surface area contributed by atoms with Crippen molar-refractivity contribution in [1.29, 1.82) is 0 Å². The van der Waals surface area contributed by atoms with Gasteiger partial charge in [0, 0.05) is 36.9 Å². The van der Waals surface area contributed by atoms with Crippen molar-refractivity contribution >= 4 is 5.82 Å². The van der Waals surface area contributed by atoms with Crippen molar-refractivity contribution in [2.45, 2.75) is 6.92 Å². The number of anilines is 1. The van der Waals surface area contributed by atoms with Gasteiger partial charge in [-0.25, -0.2) is 4.98 Å². The van der Waals surface area contributed by atoms with Gasteiger partial charge in [-0.2, -0.15) is 0 Å². The molecule has 76 valence electrons. The molecule has 0 unspecified atom stereocenters. The Labute approximate surface area is 88.4 Å². The lowest BCUT2D eigenvalue weighted by molar-refractivity contribution is 1.16. The number of nitrogens with one attached hydrogen (secondary N) is 1. The number of rotatable bonds is 2. The summed E-state index contributed by atoms with van der Waals surface area (Å²) in [4.78, 5) is 12.7. The van der Waals surface area contributed by atoms with E-state index in [-0.39, 0.29) is 0 Å². The first-order valence-electron chi connectivity index (χ1n) is 4.73. The predicted molar refractivity (Wildman–Crippen MR) is 59.5 cm³/mol. The highest BCUT2D eigenvalue weighted by atomic mass is 15.0. The molecule has 0 saturated carbocycles. The summed E-state index contributed by atoms with van der Waals surface area (Å²) in [5, 5.41) is 3.01. The summed E-state index contributed by atoms with van der Waals surface area (Å²) < 4.78 is 0. The Morgan fingerprint density at radius 3 is 2.53 bits per heavy atom. The molecule has 4 heteroatoms. The molecule has 0 aromatic carbocycles. The average Bonchev–Trinajstić information content (AvgIpc) is 2.30. The number of hydrogen-bond acceptors (Lipinski definition) is 4. The van der Waals surface area contributed by atoms with Crippen LogP contribution in [-0.4, -0.2) is 22.0 Å². The fourth-order valence-electron chi connectivity index (χ4n) is 1.34. The van der Waals surface area contributed by atoms with Crippen molar-refractivity contribution in [2.24, 2.45) is 0 Å². The van der Waals surface area contributed by atoms with Crippen molar-refractivity contribution in [3.05, 3.63) is 36.4 Å². The van der Waals surface area contributed by atoms with Gasteiger partial charge in [0.1, 0.15) is 5.69 Å². The van der Waals surface area contributed by atoms with Crippen LogP contribution in [0.4, 0.5) is 5.82 Å². The largest absolute Gasteiger partial charge is 0.371 e. The SMILES string of the molecule is CNc1nccnc1-c1ccc(C)nc1. The molecule has 1 N–H and O–H groups in total. The minimum absolute atomic E-state index is 0.767. The van der Waals surface area contributed by atoms with Crippen LogP contribution in [0.1, 0.15) is 5.69 Å². The molecule has 2 aromatic rings. The summed E-state index contributed by atoms with van der Waals surface area (Å²) in [6.45, 7) is 1.96. The fourth-order valence-corrected chi connectivity index (χ4v) is 1.34. The molecule has 2 rings (SSSR count). The normalized spacial score (nSPS) is 10.0. The number of nitrogens with zero attached hydrogens (tertiary/aromatic N) is 3. The second-order valence-electron chi connectivity index (χ2n) is 3.19. The van der Waals surface area contributed by atoms with E-state index in [1.807, 2.05) is 26.1 Å². The van der Waals surface area contributed by atoms with Crippen LogP contribution in [0, 0.1) is 6.92 Å². The average molecular weight is 200 g/mol. The Morgan fingerprint density at radius 1 is 1.07 bits per heavy atom. The summed E-state index contributed by atoms with van der Waals surface area (Å²) >= 11 is 0. The number of pyridine rings is 1. The molecule has 0 bridgehead atoms. The van der Waals surface area contributed by atoms with Gasteiger partial charge in [-0.05, 0) is 19.1 Å². The van der Waals surface area contributed by atoms with Gasteiger partial charge in [-0.1, -0.05) is 0 Å². The number of aromatic nitrogens is 3. The van der Waals surface area contributed by atoms with E-state index in [0.29, 0.717) is 0 Å². The van der Waals surface area contributed by atoms with E-state index in [4.69, 9.17) is 0 Å². The van der Waals surface area contributed by atoms with Crippen LogP contribution in [0.5, 0.6) is 0 Å². The maximum atomic E-state index is 4.28. The minimum Gasteiger partial charge on any atom is -0.371 e. The maximum absolute atomic E-state index is 4.28. The zero-order chi connectivity index (χ0) is 10.7. The van der Waals surface area contributed by atoms with Gasteiger partial charge in [-0.3, -0.25) is 9.97 Å². The van der Waals surface area contributed by atoms with E-state index in [1.54, 1.807) is 18.6 Å². The summed E-state index contributed by atoms with van der Waals surface area (Å²) in [7, 11) is 1.83. The van der Waals surface area contributed by atoms with E-state index in [1.165, 1.54) is 0 Å². The van der Waals surface area contributed by atoms with Crippen molar-refractivity contribution in [3.8, 4) is 11.3 Å². The third-order valence-corrected chi connectivity index (χ3v) is 2.12. The van der Waals surface area contributed by atoms with Crippen LogP contribution >= 0.6 is 0 Å². The quantitative estimate of drug-likeness (QED) is 0.804. The molecular weight excluding hydrogens is 188 g/mol. The van der Waals surface area contributed by atoms with Crippen LogP contribution in [0.2, 0.25) is 0 Å². The highest BCUT2D eigenvalue weighted by molar-refractivity contribution is 5.70. The minimum atomic E-state index is 0.767. The van der Waals surface area contributed by atoms with E-state index in [2.05, 4.69) is 20.3 Å². The lowest BCUT2D eigenvalue weighted by atomic mass is 10.2. The summed E-state index contributed by atoms with van der Waals surface area (Å²) in [6, 6.07) is 3.96. The van der Waals surface area contributed by atoms with E-state index in [0.717, 1.165) is 22.8 Å². The third kappa shape index (κ3) is 1.93. The van der Waals surface area contributed by atoms with Gasteiger partial charge < -0.3 is 5.32 Å². The molecular formula is C11H12N4. The predicted octanol–water partition coefficient (Wildman–Crippen LogP) is 1.89. The van der Waals surface area contributed by atoms with Crippen LogP contribution in [0.15, 0.2) is 30.7 Å². The lowest BCUT2D eigenvalue weighted by Crippen LogP contribution is -1.97. The molecule has 4 nitrogen and oxygen atoms in total. The zero-order valence-electron chi connectivity index (χ0n) is 8.73. The Kier molecular flexibility index (Phi) is 2.58. The van der Waals surface area contributed by atoms with Gasteiger partial charge in [0.25, 0.3) is 0 Å². The van der Waals surface area contributed by atoms with Crippen molar-refractivity contribution in [3.63, 3.8) is 0 Å². The summed E-state index contributed by atoms with van der Waals surface area (Å²) in [6.07, 6.45) is 5.15. The monoisotopic (exact) mass is 200 g/mol. The van der Waals surface area contributed by atoms with Gasteiger partial charge in [0.15, 0.2) is 5.82 Å². The van der Waals surface area contributed by atoms with E-state index >= 15 is 0 Å². The molecule has 0 aliphatic heterocycles. The molecule has 15 heavy (non-hydrogen) atoms. The van der Waals surface area contributed by atoms with Crippen LogP contribution in [-0.2, 0) is 0 Å². The van der Waals surface area contributed by atoms with Gasteiger partial charge in [0.2, 0.25) is 0 Å². The fraction of sp³-hybridized carbons (Fsp3) is 0.182. The summed E-state index contributed by atoms with van der Waals surface area (Å²) in [5.74, 6) is 0.767. The third-order valence-electron chi connectivity index (χ3n) is 2.12. The molecule has 0 amide bonds. The number of aryl methyl sites for hydroxylation is 1. The standard InChI is InChI=1S/C11H12N4/c1-8-3-4-9(7-15-8)10-11(12-2)14-6-5-13-10/h3-7H,1-2H3,(H,12,14). The Balaban J connectivity index is 2.49. The van der Waals surface area contributed by atoms with Gasteiger partial charge >= 0.3 is 0 Å². The first-order valence-corrected chi connectivity index (χ1v) is 4.73. The van der Waals surface area contributed by atoms with Crippen LogP contribution in [0.25, 0.3) is 11.3 Å². The van der Waals surface area contributed by atoms with Gasteiger partial charge in [0.05, 0.1) is 0 Å². The molecule has 0 radical (unpaired) electrons. The van der Waals surface area contributed by atoms with Crippen LogP contribution < -0.4 is 5.32 Å². The number of hydrogen-bond donors (Lipinski definition) is 1. The molecule has 0 spiro atoms. The summed E-state index contributed by atoms with van der Waals surface area (Å²) in [5.41, 5.74) is 2.79. The van der Waals surface area contributed by atoms with Crippen molar-refractivity contribution < 1.29 is 0 Å². The van der Waals surface area contributed by atoms with Gasteiger partial charge in [-0.15, -0.1) is 0 Å². The Hall–Kier alpha value is -1.97. The topological polar surface area (TPSA) is 50.7 Å². The second-order valence-corrected chi connectivity index (χ2v) is 3.19. The zero-order valence-corrected chi connectivity index (χ0v) is 8.73. The molecule has 2 heterocycles. The molecule has 2 aromatic heterocycles. The first-order chi connectivity index (χ1) is 7.31. The highest BCUT2D eigenvalue weighted by Gasteiger charge is 2.05. The first kappa shape index (κ1) is 9.58. The maximum Gasteiger partial charge on any atom is 0.152 e.